The Morgan fingerprint density at radius 1 is 1.14 bits per heavy atom. The van der Waals surface area contributed by atoms with Crippen LogP contribution in [0.2, 0.25) is 5.02 Å². The Labute approximate surface area is 132 Å². The average Bonchev–Trinajstić information content (AvgIpc) is 2.82. The Morgan fingerprint density at radius 3 is 2.64 bits per heavy atom. The molecular formula is C17H13ClO4. The number of halogens is 1. The lowest BCUT2D eigenvalue weighted by Crippen LogP contribution is -2.00. The zero-order valence-electron chi connectivity index (χ0n) is 12.1. The standard InChI is InChI=1S/C17H13ClO4/c1-20-12-8-13(21-2)16-14(9-12)22-15(17(16)19)7-10-4-3-5-11(18)6-10/h3-9H,1-2H3/b15-7-. The highest BCUT2D eigenvalue weighted by Gasteiger charge is 2.32. The van der Waals surface area contributed by atoms with Crippen molar-refractivity contribution in [3.8, 4) is 17.2 Å². The van der Waals surface area contributed by atoms with Crippen LogP contribution in [-0.4, -0.2) is 20.0 Å². The number of fused-ring (bicyclic) bond motifs is 1. The van der Waals surface area contributed by atoms with Crippen molar-refractivity contribution in [2.45, 2.75) is 0 Å². The number of Topliss-reactive ketones (excluding diaryl/α,β-unsaturated/α-hetero) is 1. The number of ketones is 1. The van der Waals surface area contributed by atoms with Crippen LogP contribution in [0.1, 0.15) is 15.9 Å². The molecule has 0 spiro atoms. The molecule has 0 fully saturated rings. The van der Waals surface area contributed by atoms with Gasteiger partial charge in [0.2, 0.25) is 5.78 Å². The van der Waals surface area contributed by atoms with E-state index in [4.69, 9.17) is 25.8 Å². The van der Waals surface area contributed by atoms with E-state index in [0.717, 1.165) is 5.56 Å². The molecule has 0 saturated heterocycles. The van der Waals surface area contributed by atoms with Crippen LogP contribution in [0.3, 0.4) is 0 Å². The van der Waals surface area contributed by atoms with Crippen LogP contribution in [-0.2, 0) is 0 Å². The fourth-order valence-electron chi connectivity index (χ4n) is 2.28. The lowest BCUT2D eigenvalue weighted by atomic mass is 10.1. The summed E-state index contributed by atoms with van der Waals surface area (Å²) in [6.07, 6.45) is 1.65. The maximum atomic E-state index is 12.5. The second kappa shape index (κ2) is 5.73. The number of hydrogen-bond donors (Lipinski definition) is 0. The van der Waals surface area contributed by atoms with Crippen LogP contribution >= 0.6 is 11.6 Å². The van der Waals surface area contributed by atoms with Crippen molar-refractivity contribution in [1.82, 2.24) is 0 Å². The van der Waals surface area contributed by atoms with Gasteiger partial charge in [-0.1, -0.05) is 23.7 Å². The van der Waals surface area contributed by atoms with Gasteiger partial charge in [-0.2, -0.15) is 0 Å². The SMILES string of the molecule is COc1cc(OC)c2c(c1)O/C(=C\c1cccc(Cl)c1)C2=O. The topological polar surface area (TPSA) is 44.8 Å². The molecule has 5 heteroatoms. The second-order valence-electron chi connectivity index (χ2n) is 4.70. The van der Waals surface area contributed by atoms with E-state index in [9.17, 15) is 4.79 Å². The van der Waals surface area contributed by atoms with E-state index >= 15 is 0 Å². The predicted molar refractivity (Wildman–Crippen MR) is 83.9 cm³/mol. The average molecular weight is 317 g/mol. The molecule has 1 aliphatic heterocycles. The molecule has 0 atom stereocenters. The predicted octanol–water partition coefficient (Wildman–Crippen LogP) is 3.97. The molecule has 2 aromatic carbocycles. The first-order chi connectivity index (χ1) is 10.6. The van der Waals surface area contributed by atoms with Crippen molar-refractivity contribution < 1.29 is 19.0 Å². The summed E-state index contributed by atoms with van der Waals surface area (Å²) in [5.41, 5.74) is 1.19. The van der Waals surface area contributed by atoms with Gasteiger partial charge >= 0.3 is 0 Å². The van der Waals surface area contributed by atoms with Crippen molar-refractivity contribution in [2.75, 3.05) is 14.2 Å². The Bertz CT molecular complexity index is 780. The molecular weight excluding hydrogens is 304 g/mol. The smallest absolute Gasteiger partial charge is 0.235 e. The van der Waals surface area contributed by atoms with Crippen LogP contribution in [0.4, 0.5) is 0 Å². The first kappa shape index (κ1) is 14.5. The molecule has 1 aliphatic rings. The zero-order valence-corrected chi connectivity index (χ0v) is 12.8. The van der Waals surface area contributed by atoms with Gasteiger partial charge in [0.25, 0.3) is 0 Å². The quantitative estimate of drug-likeness (QED) is 0.804. The van der Waals surface area contributed by atoms with E-state index in [1.54, 1.807) is 37.5 Å². The minimum atomic E-state index is -0.227. The van der Waals surface area contributed by atoms with Gasteiger partial charge in [-0.25, -0.2) is 0 Å². The van der Waals surface area contributed by atoms with Gasteiger partial charge in [-0.15, -0.1) is 0 Å². The number of methoxy groups -OCH3 is 2. The van der Waals surface area contributed by atoms with Crippen LogP contribution in [0.25, 0.3) is 6.08 Å². The highest BCUT2D eigenvalue weighted by atomic mass is 35.5. The highest BCUT2D eigenvalue weighted by molar-refractivity contribution is 6.30. The molecule has 0 amide bonds. The molecule has 2 aromatic rings. The van der Waals surface area contributed by atoms with Crippen molar-refractivity contribution in [3.05, 3.63) is 58.3 Å². The number of ether oxygens (including phenoxy) is 3. The number of benzene rings is 2. The van der Waals surface area contributed by atoms with Gasteiger partial charge in [0, 0.05) is 17.2 Å². The maximum absolute atomic E-state index is 12.5. The van der Waals surface area contributed by atoms with E-state index in [1.807, 2.05) is 12.1 Å². The summed E-state index contributed by atoms with van der Waals surface area (Å²) in [6.45, 7) is 0. The Hall–Kier alpha value is -2.46. The first-order valence-electron chi connectivity index (χ1n) is 6.58. The molecule has 0 N–H and O–H groups in total. The Balaban J connectivity index is 2.04. The minimum absolute atomic E-state index is 0.226. The summed E-state index contributed by atoms with van der Waals surface area (Å²) in [5.74, 6) is 1.41. The number of allylic oxidation sites excluding steroid dienone is 1. The summed E-state index contributed by atoms with van der Waals surface area (Å²) in [5, 5.41) is 0.594. The van der Waals surface area contributed by atoms with Crippen molar-refractivity contribution in [3.63, 3.8) is 0 Å². The largest absolute Gasteiger partial charge is 0.496 e. The molecule has 1 heterocycles. The van der Waals surface area contributed by atoms with E-state index in [-0.39, 0.29) is 11.5 Å². The monoisotopic (exact) mass is 316 g/mol. The Morgan fingerprint density at radius 2 is 1.95 bits per heavy atom. The van der Waals surface area contributed by atoms with Crippen molar-refractivity contribution in [1.29, 1.82) is 0 Å². The molecule has 4 nitrogen and oxygen atoms in total. The lowest BCUT2D eigenvalue weighted by Gasteiger charge is -2.07. The minimum Gasteiger partial charge on any atom is -0.496 e. The molecule has 0 aliphatic carbocycles. The zero-order chi connectivity index (χ0) is 15.7. The normalized spacial score (nSPS) is 14.7. The fraction of sp³-hybridized carbons (Fsp3) is 0.118. The fourth-order valence-corrected chi connectivity index (χ4v) is 2.48. The van der Waals surface area contributed by atoms with E-state index in [1.165, 1.54) is 7.11 Å². The number of carbonyl (C=O) groups excluding carboxylic acids is 1. The first-order valence-corrected chi connectivity index (χ1v) is 6.96. The van der Waals surface area contributed by atoms with Gasteiger partial charge in [0.05, 0.1) is 14.2 Å². The molecule has 3 rings (SSSR count). The van der Waals surface area contributed by atoms with E-state index in [2.05, 4.69) is 0 Å². The number of rotatable bonds is 3. The van der Waals surface area contributed by atoms with Crippen LogP contribution in [0.15, 0.2) is 42.2 Å². The third-order valence-electron chi connectivity index (χ3n) is 3.31. The third kappa shape index (κ3) is 2.53. The second-order valence-corrected chi connectivity index (χ2v) is 5.13. The number of hydrogen-bond acceptors (Lipinski definition) is 4. The van der Waals surface area contributed by atoms with Crippen molar-refractivity contribution in [2.24, 2.45) is 0 Å². The molecule has 0 saturated carbocycles. The van der Waals surface area contributed by atoms with Gasteiger partial charge in [-0.05, 0) is 23.8 Å². The molecule has 0 radical (unpaired) electrons. The van der Waals surface area contributed by atoms with Gasteiger partial charge in [0.1, 0.15) is 22.8 Å². The number of carbonyl (C=O) groups is 1. The molecule has 0 bridgehead atoms. The summed E-state index contributed by atoms with van der Waals surface area (Å²) in [4.78, 5) is 12.5. The van der Waals surface area contributed by atoms with Gasteiger partial charge < -0.3 is 14.2 Å². The molecule has 112 valence electrons. The van der Waals surface area contributed by atoms with E-state index in [0.29, 0.717) is 27.8 Å². The summed E-state index contributed by atoms with van der Waals surface area (Å²) in [6, 6.07) is 10.5. The van der Waals surface area contributed by atoms with Crippen LogP contribution < -0.4 is 14.2 Å². The van der Waals surface area contributed by atoms with Gasteiger partial charge in [-0.3, -0.25) is 4.79 Å². The highest BCUT2D eigenvalue weighted by Crippen LogP contribution is 2.41. The van der Waals surface area contributed by atoms with Crippen molar-refractivity contribution >= 4 is 23.5 Å². The van der Waals surface area contributed by atoms with Crippen LogP contribution in [0.5, 0.6) is 17.2 Å². The summed E-state index contributed by atoms with van der Waals surface area (Å²) in [7, 11) is 3.04. The van der Waals surface area contributed by atoms with Crippen LogP contribution in [0, 0.1) is 0 Å². The van der Waals surface area contributed by atoms with Gasteiger partial charge in [0.15, 0.2) is 5.76 Å². The summed E-state index contributed by atoms with van der Waals surface area (Å²) >= 11 is 5.95. The van der Waals surface area contributed by atoms with E-state index < -0.39 is 0 Å². The summed E-state index contributed by atoms with van der Waals surface area (Å²) < 4.78 is 16.1. The molecule has 0 unspecified atom stereocenters. The molecule has 22 heavy (non-hydrogen) atoms. The molecule has 0 aromatic heterocycles. The Kier molecular flexibility index (Phi) is 3.77. The lowest BCUT2D eigenvalue weighted by molar-refractivity contribution is 0.101. The third-order valence-corrected chi connectivity index (χ3v) is 3.55. The maximum Gasteiger partial charge on any atom is 0.235 e.